The van der Waals surface area contributed by atoms with E-state index in [1.165, 1.54) is 0 Å². The Balaban J connectivity index is 1.75. The number of cyclic esters (lactones) is 1. The molecule has 0 saturated carbocycles. The minimum atomic E-state index is -0.317. The smallest absolute Gasteiger partial charge is 0.409 e. The van der Waals surface area contributed by atoms with Crippen molar-refractivity contribution in [1.82, 2.24) is 15.2 Å². The van der Waals surface area contributed by atoms with Crippen LogP contribution in [0.25, 0.3) is 0 Å². The van der Waals surface area contributed by atoms with E-state index in [-0.39, 0.29) is 12.0 Å². The SMILES string of the molecule is O=C(NCCN1CCOC1=O)c1ccncc1. The lowest BCUT2D eigenvalue weighted by Crippen LogP contribution is -2.35. The van der Waals surface area contributed by atoms with Gasteiger partial charge in [-0.15, -0.1) is 0 Å². The van der Waals surface area contributed by atoms with Gasteiger partial charge >= 0.3 is 6.09 Å². The summed E-state index contributed by atoms with van der Waals surface area (Å²) in [5.41, 5.74) is 0.559. The monoisotopic (exact) mass is 235 g/mol. The third-order valence-corrected chi connectivity index (χ3v) is 2.45. The number of hydrogen-bond donors (Lipinski definition) is 1. The zero-order chi connectivity index (χ0) is 12.1. The van der Waals surface area contributed by atoms with Crippen molar-refractivity contribution in [3.63, 3.8) is 0 Å². The summed E-state index contributed by atoms with van der Waals surface area (Å²) in [5.74, 6) is -0.167. The van der Waals surface area contributed by atoms with E-state index in [0.717, 1.165) is 0 Å². The molecule has 0 aromatic carbocycles. The van der Waals surface area contributed by atoms with E-state index in [4.69, 9.17) is 4.74 Å². The number of carbonyl (C=O) groups excluding carboxylic acids is 2. The molecular weight excluding hydrogens is 222 g/mol. The Morgan fingerprint density at radius 2 is 2.24 bits per heavy atom. The largest absolute Gasteiger partial charge is 0.448 e. The van der Waals surface area contributed by atoms with E-state index in [9.17, 15) is 9.59 Å². The van der Waals surface area contributed by atoms with Crippen molar-refractivity contribution in [2.75, 3.05) is 26.2 Å². The first-order valence-corrected chi connectivity index (χ1v) is 5.37. The van der Waals surface area contributed by atoms with Crippen molar-refractivity contribution >= 4 is 12.0 Å². The lowest BCUT2D eigenvalue weighted by Gasteiger charge is -2.12. The van der Waals surface area contributed by atoms with Crippen molar-refractivity contribution in [2.24, 2.45) is 0 Å². The molecule has 2 rings (SSSR count). The van der Waals surface area contributed by atoms with Gasteiger partial charge in [-0.05, 0) is 12.1 Å². The highest BCUT2D eigenvalue weighted by atomic mass is 16.6. The van der Waals surface area contributed by atoms with Crippen LogP contribution in [-0.2, 0) is 4.74 Å². The van der Waals surface area contributed by atoms with E-state index in [0.29, 0.717) is 31.8 Å². The molecule has 1 aromatic rings. The van der Waals surface area contributed by atoms with Gasteiger partial charge in [0.05, 0.1) is 6.54 Å². The van der Waals surface area contributed by atoms with E-state index < -0.39 is 0 Å². The standard InChI is InChI=1S/C11H13N3O3/c15-10(9-1-3-12-4-2-9)13-5-6-14-7-8-17-11(14)16/h1-4H,5-8H2,(H,13,15). The molecule has 6 heteroatoms. The number of pyridine rings is 1. The van der Waals surface area contributed by atoms with E-state index in [1.54, 1.807) is 29.4 Å². The molecule has 0 spiro atoms. The molecule has 0 radical (unpaired) electrons. The van der Waals surface area contributed by atoms with Crippen molar-refractivity contribution in [1.29, 1.82) is 0 Å². The maximum atomic E-state index is 11.6. The lowest BCUT2D eigenvalue weighted by atomic mass is 10.2. The Kier molecular flexibility index (Phi) is 3.54. The average Bonchev–Trinajstić information content (AvgIpc) is 2.76. The second-order valence-electron chi connectivity index (χ2n) is 3.59. The van der Waals surface area contributed by atoms with Crippen molar-refractivity contribution in [2.45, 2.75) is 0 Å². The number of ether oxygens (including phenoxy) is 1. The van der Waals surface area contributed by atoms with Gasteiger partial charge in [0, 0.05) is 31.0 Å². The fourth-order valence-electron chi connectivity index (χ4n) is 1.54. The molecule has 1 aliphatic heterocycles. The number of nitrogens with one attached hydrogen (secondary N) is 1. The lowest BCUT2D eigenvalue weighted by molar-refractivity contribution is 0.0948. The summed E-state index contributed by atoms with van der Waals surface area (Å²) < 4.78 is 4.77. The van der Waals surface area contributed by atoms with Crippen molar-refractivity contribution < 1.29 is 14.3 Å². The van der Waals surface area contributed by atoms with Gasteiger partial charge in [-0.1, -0.05) is 0 Å². The average molecular weight is 235 g/mol. The number of carbonyl (C=O) groups is 2. The number of nitrogens with zero attached hydrogens (tertiary/aromatic N) is 2. The summed E-state index contributed by atoms with van der Waals surface area (Å²) in [6.07, 6.45) is 2.81. The van der Waals surface area contributed by atoms with Gasteiger partial charge in [-0.25, -0.2) is 4.79 Å². The van der Waals surface area contributed by atoms with E-state index >= 15 is 0 Å². The molecule has 90 valence electrons. The second-order valence-corrected chi connectivity index (χ2v) is 3.59. The highest BCUT2D eigenvalue weighted by molar-refractivity contribution is 5.93. The molecule has 2 amide bonds. The summed E-state index contributed by atoms with van der Waals surface area (Å²) >= 11 is 0. The summed E-state index contributed by atoms with van der Waals surface area (Å²) in [6, 6.07) is 3.28. The maximum Gasteiger partial charge on any atom is 0.409 e. The first-order chi connectivity index (χ1) is 8.27. The van der Waals surface area contributed by atoms with Crippen LogP contribution in [0.1, 0.15) is 10.4 Å². The van der Waals surface area contributed by atoms with Gasteiger partial charge in [0.1, 0.15) is 6.61 Å². The highest BCUT2D eigenvalue weighted by Crippen LogP contribution is 2.01. The molecule has 0 bridgehead atoms. The molecule has 1 aliphatic rings. The Bertz CT molecular complexity index is 408. The fourth-order valence-corrected chi connectivity index (χ4v) is 1.54. The normalized spacial score (nSPS) is 14.6. The predicted octanol–water partition coefficient (Wildman–Crippen LogP) is 0.264. The van der Waals surface area contributed by atoms with Crippen molar-refractivity contribution in [3.8, 4) is 0 Å². The Morgan fingerprint density at radius 3 is 2.88 bits per heavy atom. The molecule has 17 heavy (non-hydrogen) atoms. The minimum Gasteiger partial charge on any atom is -0.448 e. The third kappa shape index (κ3) is 2.93. The number of hydrogen-bond acceptors (Lipinski definition) is 4. The summed E-state index contributed by atoms with van der Waals surface area (Å²) in [4.78, 5) is 28.1. The molecule has 0 aliphatic carbocycles. The Morgan fingerprint density at radius 1 is 1.47 bits per heavy atom. The van der Waals surface area contributed by atoms with Gasteiger partial charge in [-0.2, -0.15) is 0 Å². The molecule has 1 N–H and O–H groups in total. The minimum absolute atomic E-state index is 0.167. The number of rotatable bonds is 4. The van der Waals surface area contributed by atoms with Crippen LogP contribution < -0.4 is 5.32 Å². The maximum absolute atomic E-state index is 11.6. The van der Waals surface area contributed by atoms with Crippen LogP contribution in [0.4, 0.5) is 4.79 Å². The van der Waals surface area contributed by atoms with Crippen LogP contribution >= 0.6 is 0 Å². The zero-order valence-corrected chi connectivity index (χ0v) is 9.26. The summed E-state index contributed by atoms with van der Waals surface area (Å²) in [5, 5.41) is 2.73. The Hall–Kier alpha value is -2.11. The van der Waals surface area contributed by atoms with E-state index in [2.05, 4.69) is 10.3 Å². The van der Waals surface area contributed by atoms with Crippen LogP contribution in [-0.4, -0.2) is 48.1 Å². The molecule has 6 nitrogen and oxygen atoms in total. The zero-order valence-electron chi connectivity index (χ0n) is 9.26. The van der Waals surface area contributed by atoms with E-state index in [1.807, 2.05) is 0 Å². The molecule has 0 atom stereocenters. The first-order valence-electron chi connectivity index (χ1n) is 5.37. The number of amides is 2. The van der Waals surface area contributed by atoms with Crippen LogP contribution in [0.5, 0.6) is 0 Å². The predicted molar refractivity (Wildman–Crippen MR) is 59.5 cm³/mol. The van der Waals surface area contributed by atoms with Crippen LogP contribution in [0, 0.1) is 0 Å². The molecule has 1 aromatic heterocycles. The molecule has 1 fully saturated rings. The summed E-state index contributed by atoms with van der Waals surface area (Å²) in [7, 11) is 0. The number of aromatic nitrogens is 1. The molecule has 1 saturated heterocycles. The summed E-state index contributed by atoms with van der Waals surface area (Å²) in [6.45, 7) is 1.90. The van der Waals surface area contributed by atoms with Crippen LogP contribution in [0.2, 0.25) is 0 Å². The quantitative estimate of drug-likeness (QED) is 0.812. The second kappa shape index (κ2) is 5.29. The van der Waals surface area contributed by atoms with Gasteiger partial charge < -0.3 is 15.0 Å². The first kappa shape index (κ1) is 11.4. The fraction of sp³-hybridized carbons (Fsp3) is 0.364. The molecule has 0 unspecified atom stereocenters. The van der Waals surface area contributed by atoms with Crippen LogP contribution in [0.15, 0.2) is 24.5 Å². The van der Waals surface area contributed by atoms with Crippen LogP contribution in [0.3, 0.4) is 0 Å². The van der Waals surface area contributed by atoms with Gasteiger partial charge in [0.15, 0.2) is 0 Å². The van der Waals surface area contributed by atoms with Crippen molar-refractivity contribution in [3.05, 3.63) is 30.1 Å². The Labute approximate surface area is 98.6 Å². The van der Waals surface area contributed by atoms with Gasteiger partial charge in [-0.3, -0.25) is 9.78 Å². The molecule has 2 heterocycles. The topological polar surface area (TPSA) is 71.5 Å². The third-order valence-electron chi connectivity index (χ3n) is 2.45. The van der Waals surface area contributed by atoms with Gasteiger partial charge in [0.2, 0.25) is 0 Å². The highest BCUT2D eigenvalue weighted by Gasteiger charge is 2.21. The molecular formula is C11H13N3O3. The van der Waals surface area contributed by atoms with Gasteiger partial charge in [0.25, 0.3) is 5.91 Å².